The molecule has 0 spiro atoms. The molecule has 10 heteroatoms. The van der Waals surface area contributed by atoms with Gasteiger partial charge in [0.2, 0.25) is 0 Å². The second-order valence-corrected chi connectivity index (χ2v) is 11.4. The molecule has 100 valence electrons. The van der Waals surface area contributed by atoms with E-state index >= 15 is 0 Å². The third-order valence-electron chi connectivity index (χ3n) is 1.78. The van der Waals surface area contributed by atoms with E-state index in [1.165, 1.54) is 0 Å². The van der Waals surface area contributed by atoms with Gasteiger partial charge in [-0.15, -0.1) is 0 Å². The van der Waals surface area contributed by atoms with E-state index in [1.807, 2.05) is 29.2 Å². The molecule has 17 heavy (non-hydrogen) atoms. The first-order chi connectivity index (χ1) is 7.70. The third kappa shape index (κ3) is 12.9. The molecule has 0 unspecified atom stereocenters. The van der Waals surface area contributed by atoms with Crippen LogP contribution >= 0.6 is 30.1 Å². The first-order valence-corrected chi connectivity index (χ1v) is 11.6. The van der Waals surface area contributed by atoms with E-state index in [1.54, 1.807) is 0 Å². The highest BCUT2D eigenvalue weighted by atomic mass is 35.8. The van der Waals surface area contributed by atoms with Crippen molar-refractivity contribution in [1.29, 1.82) is 0 Å². The molecule has 1 aliphatic rings. The quantitative estimate of drug-likeness (QED) is 0.623. The highest BCUT2D eigenvalue weighted by Gasteiger charge is 2.09. The molecule has 0 saturated heterocycles. The maximum absolute atomic E-state index is 10.4. The van der Waals surface area contributed by atoms with Crippen molar-refractivity contribution in [3.63, 3.8) is 0 Å². The van der Waals surface area contributed by atoms with Gasteiger partial charge in [0, 0.05) is 26.0 Å². The van der Waals surface area contributed by atoms with Crippen LogP contribution in [0.2, 0.25) is 0 Å². The van der Waals surface area contributed by atoms with Gasteiger partial charge in [0.15, 0.2) is 0 Å². The zero-order valence-electron chi connectivity index (χ0n) is 9.26. The van der Waals surface area contributed by atoms with Crippen LogP contribution in [0.1, 0.15) is 6.42 Å². The van der Waals surface area contributed by atoms with Crippen LogP contribution < -0.4 is 0 Å². The van der Waals surface area contributed by atoms with Gasteiger partial charge in [0.1, 0.15) is 0 Å². The Labute approximate surface area is 119 Å². The lowest BCUT2D eigenvalue weighted by Gasteiger charge is -2.17. The Morgan fingerprint density at radius 2 is 1.88 bits per heavy atom. The summed E-state index contributed by atoms with van der Waals surface area (Å²) in [6.45, 7) is 1.44. The van der Waals surface area contributed by atoms with E-state index in [2.05, 4.69) is 0 Å². The Morgan fingerprint density at radius 3 is 2.24 bits per heavy atom. The van der Waals surface area contributed by atoms with Gasteiger partial charge in [0.05, 0.1) is 12.4 Å². The highest BCUT2D eigenvalue weighted by Crippen LogP contribution is 2.04. The lowest BCUT2D eigenvalue weighted by Crippen LogP contribution is -2.24. The van der Waals surface area contributed by atoms with Gasteiger partial charge in [-0.2, -0.15) is 8.42 Å². The maximum Gasteiger partial charge on any atom is 0.643 e. The van der Waals surface area contributed by atoms with Gasteiger partial charge in [0.25, 0.3) is 10.1 Å². The molecule has 0 amide bonds. The van der Waals surface area contributed by atoms with Crippen LogP contribution in [-0.2, 0) is 10.1 Å². The molecule has 1 aliphatic heterocycles. The van der Waals surface area contributed by atoms with Crippen LogP contribution in [0, 0.1) is 0 Å². The van der Waals surface area contributed by atoms with Gasteiger partial charge in [-0.3, -0.25) is 4.55 Å². The van der Waals surface area contributed by atoms with E-state index in [4.69, 9.17) is 34.7 Å². The van der Waals surface area contributed by atoms with Crippen molar-refractivity contribution in [3.05, 3.63) is 12.4 Å². The molecule has 5 nitrogen and oxygen atoms in total. The predicted molar refractivity (Wildman–Crippen MR) is 72.8 cm³/mol. The molecule has 0 saturated carbocycles. The topological polar surface area (TPSA) is 60.9 Å². The molecule has 0 bridgehead atoms. The molecule has 0 radical (unpaired) electrons. The minimum Gasteiger partial charge on any atom is -0.362 e. The third-order valence-corrected chi connectivity index (χ3v) is 2.59. The Morgan fingerprint density at radius 1 is 1.35 bits per heavy atom. The number of rotatable bonds is 4. The van der Waals surface area contributed by atoms with Gasteiger partial charge >= 0.3 is 11.4 Å². The van der Waals surface area contributed by atoms with Crippen molar-refractivity contribution < 1.29 is 13.0 Å². The van der Waals surface area contributed by atoms with Crippen LogP contribution in [0.3, 0.4) is 0 Å². The van der Waals surface area contributed by atoms with E-state index in [-0.39, 0.29) is 5.75 Å². The smallest absolute Gasteiger partial charge is 0.362 e. The molecule has 0 aliphatic carbocycles. The lowest BCUT2D eigenvalue weighted by molar-refractivity contribution is 0.297. The SMILES string of the molecule is CN1C=CN(CCCS(=O)(=O)O)C1.[Cl][Al]([Cl])[Cl]. The minimum absolute atomic E-state index is 0.166. The Kier molecular flexibility index (Phi) is 9.04. The molecule has 0 atom stereocenters. The molecule has 1 heterocycles. The fourth-order valence-electron chi connectivity index (χ4n) is 1.18. The summed E-state index contributed by atoms with van der Waals surface area (Å²) >= 11 is -1.72. The van der Waals surface area contributed by atoms with Crippen molar-refractivity contribution >= 4 is 51.6 Å². The summed E-state index contributed by atoms with van der Waals surface area (Å²) < 4.78 is 29.2. The molecule has 0 aromatic carbocycles. The zero-order valence-corrected chi connectivity index (χ0v) is 13.5. The van der Waals surface area contributed by atoms with Crippen molar-refractivity contribution in [3.8, 4) is 0 Å². The molecular formula is C7H14AlCl3N2O3S. The molecule has 0 aromatic heterocycles. The number of nitrogens with zero attached hydrogens (tertiary/aromatic N) is 2. The maximum atomic E-state index is 10.4. The van der Waals surface area contributed by atoms with Crippen LogP contribution in [-0.4, -0.2) is 60.2 Å². The summed E-state index contributed by atoms with van der Waals surface area (Å²) in [5.74, 6) is -0.166. The Bertz CT molecular complexity index is 337. The van der Waals surface area contributed by atoms with Crippen molar-refractivity contribution in [2.24, 2.45) is 0 Å². The van der Waals surface area contributed by atoms with E-state index in [0.29, 0.717) is 13.0 Å². The van der Waals surface area contributed by atoms with Gasteiger partial charge in [-0.05, 0) is 6.42 Å². The van der Waals surface area contributed by atoms with Crippen LogP contribution in [0.15, 0.2) is 12.4 Å². The summed E-state index contributed by atoms with van der Waals surface area (Å²) in [6.07, 6.45) is 4.29. The average molecular weight is 340 g/mol. The molecule has 0 aromatic rings. The van der Waals surface area contributed by atoms with E-state index < -0.39 is 21.5 Å². The van der Waals surface area contributed by atoms with Crippen LogP contribution in [0.4, 0.5) is 0 Å². The summed E-state index contributed by atoms with van der Waals surface area (Å²) in [6, 6.07) is 0. The van der Waals surface area contributed by atoms with Gasteiger partial charge < -0.3 is 9.80 Å². The number of hydrogen-bond acceptors (Lipinski definition) is 4. The monoisotopic (exact) mass is 338 g/mol. The Balaban J connectivity index is 0.000000557. The standard InChI is InChI=1S/C7H14N2O3S.Al.3ClH/c1-8-4-5-9(7-8)3-2-6-13(10,11)12;;;;/h4-5H,2-3,6-7H2,1H3,(H,10,11,12);;3*1H/q;+3;;;/p-3. The van der Waals surface area contributed by atoms with Crippen molar-refractivity contribution in [1.82, 2.24) is 9.80 Å². The van der Waals surface area contributed by atoms with Crippen LogP contribution in [0.25, 0.3) is 0 Å². The summed E-state index contributed by atoms with van der Waals surface area (Å²) in [4.78, 5) is 3.98. The summed E-state index contributed by atoms with van der Waals surface area (Å²) in [5, 5.41) is 0. The number of halogens is 3. The fraction of sp³-hybridized carbons (Fsp3) is 0.714. The van der Waals surface area contributed by atoms with Crippen LogP contribution in [0.5, 0.6) is 0 Å². The minimum atomic E-state index is -3.79. The first kappa shape index (κ1) is 17.7. The lowest BCUT2D eigenvalue weighted by atomic mass is 10.4. The van der Waals surface area contributed by atoms with E-state index in [9.17, 15) is 8.42 Å². The second kappa shape index (κ2) is 8.70. The zero-order chi connectivity index (χ0) is 13.5. The largest absolute Gasteiger partial charge is 0.643 e. The molecule has 1 rings (SSSR count). The van der Waals surface area contributed by atoms with Gasteiger partial charge in [-0.25, -0.2) is 30.1 Å². The summed E-state index contributed by atoms with van der Waals surface area (Å²) in [5.41, 5.74) is 0. The van der Waals surface area contributed by atoms with Crippen molar-refractivity contribution in [2.75, 3.05) is 26.0 Å². The normalized spacial score (nSPS) is 14.6. The molecule has 1 N–H and O–H groups in total. The highest BCUT2D eigenvalue weighted by molar-refractivity contribution is 7.85. The fourth-order valence-corrected chi connectivity index (χ4v) is 1.68. The second-order valence-electron chi connectivity index (χ2n) is 3.40. The first-order valence-electron chi connectivity index (χ1n) is 4.70. The van der Waals surface area contributed by atoms with Crippen molar-refractivity contribution in [2.45, 2.75) is 6.42 Å². The Hall–Kier alpha value is 0.652. The number of hydrogen-bond donors (Lipinski definition) is 1. The molecule has 0 fully saturated rings. The summed E-state index contributed by atoms with van der Waals surface area (Å²) in [7, 11) is 13.0. The molecular weight excluding hydrogens is 325 g/mol. The van der Waals surface area contributed by atoms with Gasteiger partial charge in [-0.1, -0.05) is 0 Å². The van der Waals surface area contributed by atoms with E-state index in [0.717, 1.165) is 6.67 Å². The predicted octanol–water partition coefficient (Wildman–Crippen LogP) is 1.63. The average Bonchev–Trinajstić information content (AvgIpc) is 2.48.